The lowest BCUT2D eigenvalue weighted by Gasteiger charge is -2.36. The SMILES string of the molecule is CCOC(=O)C1C(C)=NC2=C(C(=O)C[C@H](c3ccc(OC)c(OC)c3)C2)[C@H]1c1ccccc1Cl. The number of hydrogen-bond acceptors (Lipinski definition) is 6. The molecule has 7 heteroatoms. The van der Waals surface area contributed by atoms with Crippen LogP contribution in [0.15, 0.2) is 58.7 Å². The number of esters is 1. The molecule has 1 aliphatic heterocycles. The third-order valence-electron chi connectivity index (χ3n) is 6.55. The Balaban J connectivity index is 1.79. The van der Waals surface area contributed by atoms with Gasteiger partial charge in [0.05, 0.1) is 20.8 Å². The second kappa shape index (κ2) is 10.0. The molecule has 4 rings (SSSR count). The van der Waals surface area contributed by atoms with Crippen molar-refractivity contribution in [2.75, 3.05) is 20.8 Å². The molecule has 0 amide bonds. The number of halogens is 1. The maximum Gasteiger partial charge on any atom is 0.315 e. The molecule has 0 saturated heterocycles. The first-order chi connectivity index (χ1) is 16.4. The molecule has 0 bridgehead atoms. The van der Waals surface area contributed by atoms with E-state index in [1.807, 2.05) is 43.3 Å². The number of methoxy groups -OCH3 is 2. The topological polar surface area (TPSA) is 74.2 Å². The number of allylic oxidation sites excluding steroid dienone is 2. The zero-order valence-corrected chi connectivity index (χ0v) is 20.5. The van der Waals surface area contributed by atoms with Crippen molar-refractivity contribution in [2.24, 2.45) is 10.9 Å². The van der Waals surface area contributed by atoms with Crippen molar-refractivity contribution in [2.45, 2.75) is 38.5 Å². The molecule has 2 aromatic rings. The molecule has 34 heavy (non-hydrogen) atoms. The Morgan fingerprint density at radius 1 is 1.09 bits per heavy atom. The Labute approximate surface area is 204 Å². The highest BCUT2D eigenvalue weighted by atomic mass is 35.5. The first kappa shape index (κ1) is 24.0. The molecule has 2 aromatic carbocycles. The van der Waals surface area contributed by atoms with E-state index in [0.29, 0.717) is 46.3 Å². The molecular weight excluding hydrogens is 454 g/mol. The normalized spacial score (nSPS) is 22.1. The smallest absolute Gasteiger partial charge is 0.315 e. The Morgan fingerprint density at radius 2 is 1.82 bits per heavy atom. The molecule has 0 aromatic heterocycles. The van der Waals surface area contributed by atoms with E-state index in [0.717, 1.165) is 11.1 Å². The van der Waals surface area contributed by atoms with Gasteiger partial charge in [0, 0.05) is 34.3 Å². The summed E-state index contributed by atoms with van der Waals surface area (Å²) in [5, 5.41) is 0.512. The predicted molar refractivity (Wildman–Crippen MR) is 131 cm³/mol. The van der Waals surface area contributed by atoms with Crippen molar-refractivity contribution in [3.05, 3.63) is 69.9 Å². The highest BCUT2D eigenvalue weighted by molar-refractivity contribution is 6.31. The van der Waals surface area contributed by atoms with Gasteiger partial charge in [-0.3, -0.25) is 14.6 Å². The molecule has 0 saturated carbocycles. The van der Waals surface area contributed by atoms with Gasteiger partial charge in [0.2, 0.25) is 0 Å². The van der Waals surface area contributed by atoms with Crippen LogP contribution in [0.2, 0.25) is 5.02 Å². The molecule has 178 valence electrons. The lowest BCUT2D eigenvalue weighted by Crippen LogP contribution is -2.38. The molecule has 1 aliphatic carbocycles. The molecule has 0 radical (unpaired) electrons. The van der Waals surface area contributed by atoms with Crippen LogP contribution in [0.1, 0.15) is 49.7 Å². The summed E-state index contributed by atoms with van der Waals surface area (Å²) in [4.78, 5) is 31.4. The molecule has 2 aliphatic rings. The molecule has 3 atom stereocenters. The number of Topliss-reactive ketones (excluding diaryl/α,β-unsaturated/α-hetero) is 1. The number of benzene rings is 2. The first-order valence-corrected chi connectivity index (χ1v) is 11.7. The third-order valence-corrected chi connectivity index (χ3v) is 6.89. The molecule has 0 N–H and O–H groups in total. The van der Waals surface area contributed by atoms with Crippen molar-refractivity contribution in [1.82, 2.24) is 0 Å². The second-order valence-electron chi connectivity index (χ2n) is 8.49. The number of ketones is 1. The van der Waals surface area contributed by atoms with E-state index in [2.05, 4.69) is 0 Å². The van der Waals surface area contributed by atoms with Crippen LogP contribution in [-0.2, 0) is 14.3 Å². The number of aliphatic imine (C=N–C) groups is 1. The number of ether oxygens (including phenoxy) is 3. The lowest BCUT2D eigenvalue weighted by molar-refractivity contribution is -0.146. The average molecular weight is 482 g/mol. The summed E-state index contributed by atoms with van der Waals surface area (Å²) in [6, 6.07) is 13.1. The zero-order valence-electron chi connectivity index (χ0n) is 19.8. The van der Waals surface area contributed by atoms with Crippen molar-refractivity contribution >= 4 is 29.1 Å². The van der Waals surface area contributed by atoms with Crippen LogP contribution in [0, 0.1) is 5.92 Å². The van der Waals surface area contributed by atoms with Crippen molar-refractivity contribution in [3.8, 4) is 11.5 Å². The minimum absolute atomic E-state index is 0.0310. The van der Waals surface area contributed by atoms with E-state index >= 15 is 0 Å². The predicted octanol–water partition coefficient (Wildman–Crippen LogP) is 5.50. The fourth-order valence-electron chi connectivity index (χ4n) is 5.00. The van der Waals surface area contributed by atoms with E-state index in [1.165, 1.54) is 0 Å². The summed E-state index contributed by atoms with van der Waals surface area (Å²) in [7, 11) is 3.18. The Bertz CT molecular complexity index is 1190. The van der Waals surface area contributed by atoms with Crippen molar-refractivity contribution < 1.29 is 23.8 Å². The van der Waals surface area contributed by atoms with Crippen LogP contribution in [0.3, 0.4) is 0 Å². The van der Waals surface area contributed by atoms with Gasteiger partial charge in [-0.05, 0) is 55.5 Å². The fraction of sp³-hybridized carbons (Fsp3) is 0.370. The van der Waals surface area contributed by atoms with Gasteiger partial charge >= 0.3 is 5.97 Å². The first-order valence-electron chi connectivity index (χ1n) is 11.3. The van der Waals surface area contributed by atoms with Gasteiger partial charge in [-0.2, -0.15) is 0 Å². The van der Waals surface area contributed by atoms with Gasteiger partial charge in [-0.1, -0.05) is 35.9 Å². The molecule has 1 heterocycles. The van der Waals surface area contributed by atoms with Crippen molar-refractivity contribution in [1.29, 1.82) is 0 Å². The standard InChI is InChI=1S/C27H28ClNO5/c1-5-34-27(31)24-15(2)29-20-12-17(16-10-11-22(32-3)23(14-16)33-4)13-21(30)26(20)25(24)18-8-6-7-9-19(18)28/h6-11,14,17,24-25H,5,12-13H2,1-4H3/t17-,24?,25+/m1/s1. The van der Waals surface area contributed by atoms with E-state index in [1.54, 1.807) is 27.2 Å². The quantitative estimate of drug-likeness (QED) is 0.509. The summed E-state index contributed by atoms with van der Waals surface area (Å²) in [6.45, 7) is 3.83. The summed E-state index contributed by atoms with van der Waals surface area (Å²) in [5.74, 6) is -0.456. The van der Waals surface area contributed by atoms with Crippen LogP contribution in [0.4, 0.5) is 0 Å². The Morgan fingerprint density at radius 3 is 2.50 bits per heavy atom. The van der Waals surface area contributed by atoms with E-state index in [-0.39, 0.29) is 18.3 Å². The third kappa shape index (κ3) is 4.34. The maximum absolute atomic E-state index is 13.6. The van der Waals surface area contributed by atoms with Gasteiger partial charge in [-0.15, -0.1) is 0 Å². The summed E-state index contributed by atoms with van der Waals surface area (Å²) < 4.78 is 16.2. The highest BCUT2D eigenvalue weighted by Crippen LogP contribution is 2.48. The van der Waals surface area contributed by atoms with E-state index in [9.17, 15) is 9.59 Å². The van der Waals surface area contributed by atoms with Crippen LogP contribution < -0.4 is 9.47 Å². The fourth-order valence-corrected chi connectivity index (χ4v) is 5.26. The largest absolute Gasteiger partial charge is 0.493 e. The number of carbonyl (C=O) groups is 2. The summed E-state index contributed by atoms with van der Waals surface area (Å²) in [5.41, 5.74) is 3.62. The van der Waals surface area contributed by atoms with Crippen LogP contribution in [0.5, 0.6) is 11.5 Å². The van der Waals surface area contributed by atoms with Gasteiger partial charge < -0.3 is 14.2 Å². The lowest BCUT2D eigenvalue weighted by atomic mass is 9.69. The minimum Gasteiger partial charge on any atom is -0.493 e. The van der Waals surface area contributed by atoms with Crippen molar-refractivity contribution in [3.63, 3.8) is 0 Å². The zero-order chi connectivity index (χ0) is 24.4. The molecule has 0 spiro atoms. The number of rotatable bonds is 6. The highest BCUT2D eigenvalue weighted by Gasteiger charge is 2.45. The molecular formula is C27H28ClNO5. The molecule has 0 fully saturated rings. The average Bonchev–Trinajstić information content (AvgIpc) is 2.83. The van der Waals surface area contributed by atoms with Crippen LogP contribution in [0.25, 0.3) is 0 Å². The van der Waals surface area contributed by atoms with Gasteiger partial charge in [0.1, 0.15) is 5.92 Å². The number of nitrogens with zero attached hydrogens (tertiary/aromatic N) is 1. The molecule has 6 nitrogen and oxygen atoms in total. The maximum atomic E-state index is 13.6. The van der Waals surface area contributed by atoms with Crippen LogP contribution in [-0.4, -0.2) is 38.3 Å². The Hall–Kier alpha value is -3.12. The van der Waals surface area contributed by atoms with Gasteiger partial charge in [0.25, 0.3) is 0 Å². The van der Waals surface area contributed by atoms with Crippen LogP contribution >= 0.6 is 11.6 Å². The number of hydrogen-bond donors (Lipinski definition) is 0. The number of carbonyl (C=O) groups excluding carboxylic acids is 2. The van der Waals surface area contributed by atoms with E-state index < -0.39 is 17.8 Å². The summed E-state index contributed by atoms with van der Waals surface area (Å²) in [6.07, 6.45) is 0.879. The molecule has 1 unspecified atom stereocenters. The minimum atomic E-state index is -0.694. The van der Waals surface area contributed by atoms with E-state index in [4.69, 9.17) is 30.8 Å². The summed E-state index contributed by atoms with van der Waals surface area (Å²) >= 11 is 6.57. The van der Waals surface area contributed by atoms with Gasteiger partial charge in [-0.25, -0.2) is 0 Å². The van der Waals surface area contributed by atoms with Gasteiger partial charge in [0.15, 0.2) is 17.3 Å². The monoisotopic (exact) mass is 481 g/mol. The Kier molecular flexibility index (Phi) is 7.08. The second-order valence-corrected chi connectivity index (χ2v) is 8.89.